The van der Waals surface area contributed by atoms with Crippen LogP contribution in [0.15, 0.2) is 28.9 Å². The normalized spacial score (nSPS) is 11.3. The van der Waals surface area contributed by atoms with Crippen molar-refractivity contribution in [2.45, 2.75) is 19.0 Å². The summed E-state index contributed by atoms with van der Waals surface area (Å²) in [6.45, 7) is 4.09. The summed E-state index contributed by atoms with van der Waals surface area (Å²) in [4.78, 5) is 23.8. The summed E-state index contributed by atoms with van der Waals surface area (Å²) < 4.78 is 0. The van der Waals surface area contributed by atoms with Crippen molar-refractivity contribution in [2.75, 3.05) is 11.1 Å². The van der Waals surface area contributed by atoms with Crippen LogP contribution < -0.4 is 5.32 Å². The van der Waals surface area contributed by atoms with Gasteiger partial charge in [0.1, 0.15) is 5.52 Å². The Morgan fingerprint density at radius 1 is 1.28 bits per heavy atom. The number of thioether (sulfide) groups is 1. The van der Waals surface area contributed by atoms with Gasteiger partial charge in [-0.25, -0.2) is 9.97 Å². The van der Waals surface area contributed by atoms with Crippen molar-refractivity contribution >= 4 is 56.2 Å². The Bertz CT molecular complexity index is 1070. The van der Waals surface area contributed by atoms with E-state index in [2.05, 4.69) is 42.6 Å². The van der Waals surface area contributed by atoms with Crippen LogP contribution in [0, 0.1) is 13.8 Å². The van der Waals surface area contributed by atoms with E-state index in [-0.39, 0.29) is 11.7 Å². The lowest BCUT2D eigenvalue weighted by atomic mass is 10.1. The number of aromatic nitrogens is 5. The first-order chi connectivity index (χ1) is 12.1. The highest BCUT2D eigenvalue weighted by molar-refractivity contribution is 7.99. The SMILES string of the molecule is Cc1ccc(C)c2c1[nH]c1nc(SCC(=O)Nc3nccs3)nnc12. The molecule has 0 saturated heterocycles. The quantitative estimate of drug-likeness (QED) is 0.535. The number of H-pyrrole nitrogens is 1. The van der Waals surface area contributed by atoms with Gasteiger partial charge in [0.05, 0.1) is 11.3 Å². The molecule has 3 aromatic heterocycles. The standard InChI is InChI=1S/C16H14N6OS2/c1-8-3-4-9(2)12-11(8)13-14(19-12)20-16(22-21-13)25-7-10(23)18-15-17-5-6-24-15/h3-6H,7H2,1-2H3,(H,17,18,23)(H,19,20,22). The molecule has 0 aliphatic rings. The minimum absolute atomic E-state index is 0.146. The first kappa shape index (κ1) is 16.0. The smallest absolute Gasteiger partial charge is 0.236 e. The average molecular weight is 370 g/mol. The summed E-state index contributed by atoms with van der Waals surface area (Å²) in [6.07, 6.45) is 1.65. The second-order valence-electron chi connectivity index (χ2n) is 5.54. The minimum Gasteiger partial charge on any atom is -0.337 e. The maximum absolute atomic E-state index is 11.9. The third-order valence-electron chi connectivity index (χ3n) is 3.78. The highest BCUT2D eigenvalue weighted by Crippen LogP contribution is 2.28. The number of nitrogens with one attached hydrogen (secondary N) is 2. The molecular weight excluding hydrogens is 356 g/mol. The van der Waals surface area contributed by atoms with Gasteiger partial charge in [-0.1, -0.05) is 23.9 Å². The second kappa shape index (κ2) is 6.41. The maximum Gasteiger partial charge on any atom is 0.236 e. The molecule has 0 atom stereocenters. The minimum atomic E-state index is -0.146. The number of aromatic amines is 1. The number of hydrogen-bond donors (Lipinski definition) is 2. The lowest BCUT2D eigenvalue weighted by Gasteiger charge is -2.01. The van der Waals surface area contributed by atoms with Crippen LogP contribution in [0.1, 0.15) is 11.1 Å². The number of benzene rings is 1. The van der Waals surface area contributed by atoms with Crippen molar-refractivity contribution in [3.05, 3.63) is 34.8 Å². The van der Waals surface area contributed by atoms with Crippen molar-refractivity contribution < 1.29 is 4.79 Å². The molecule has 0 bridgehead atoms. The predicted molar refractivity (Wildman–Crippen MR) is 100 cm³/mol. The van der Waals surface area contributed by atoms with Gasteiger partial charge in [-0.2, -0.15) is 0 Å². The second-order valence-corrected chi connectivity index (χ2v) is 7.38. The molecule has 0 aliphatic carbocycles. The Balaban J connectivity index is 1.57. The highest BCUT2D eigenvalue weighted by atomic mass is 32.2. The Morgan fingerprint density at radius 2 is 2.12 bits per heavy atom. The topological polar surface area (TPSA) is 96.5 Å². The molecule has 4 rings (SSSR count). The molecule has 9 heteroatoms. The monoisotopic (exact) mass is 370 g/mol. The zero-order valence-electron chi connectivity index (χ0n) is 13.5. The average Bonchev–Trinajstić information content (AvgIpc) is 3.23. The summed E-state index contributed by atoms with van der Waals surface area (Å²) in [7, 11) is 0. The number of rotatable bonds is 4. The molecule has 7 nitrogen and oxygen atoms in total. The summed E-state index contributed by atoms with van der Waals surface area (Å²) in [5, 5.41) is 15.1. The number of anilines is 1. The molecule has 0 aliphatic heterocycles. The van der Waals surface area contributed by atoms with Gasteiger partial charge in [-0.15, -0.1) is 21.5 Å². The lowest BCUT2D eigenvalue weighted by Crippen LogP contribution is -2.14. The summed E-state index contributed by atoms with van der Waals surface area (Å²) in [5.41, 5.74) is 4.74. The van der Waals surface area contributed by atoms with Crippen LogP contribution in [-0.4, -0.2) is 36.8 Å². The van der Waals surface area contributed by atoms with Gasteiger partial charge in [-0.3, -0.25) is 4.79 Å². The fourth-order valence-electron chi connectivity index (χ4n) is 2.59. The van der Waals surface area contributed by atoms with Crippen molar-refractivity contribution in [2.24, 2.45) is 0 Å². The fraction of sp³-hybridized carbons (Fsp3) is 0.188. The summed E-state index contributed by atoms with van der Waals surface area (Å²) >= 11 is 2.62. The molecule has 1 amide bonds. The molecule has 4 aromatic rings. The number of amides is 1. The number of hydrogen-bond acceptors (Lipinski definition) is 7. The van der Waals surface area contributed by atoms with Gasteiger partial charge < -0.3 is 10.3 Å². The van der Waals surface area contributed by atoms with E-state index in [9.17, 15) is 4.79 Å². The Morgan fingerprint density at radius 3 is 2.92 bits per heavy atom. The van der Waals surface area contributed by atoms with Crippen LogP contribution in [0.3, 0.4) is 0 Å². The molecule has 3 heterocycles. The Kier molecular flexibility index (Phi) is 4.10. The maximum atomic E-state index is 11.9. The zero-order valence-corrected chi connectivity index (χ0v) is 15.2. The molecule has 126 valence electrons. The molecule has 0 saturated carbocycles. The largest absolute Gasteiger partial charge is 0.337 e. The van der Waals surface area contributed by atoms with E-state index in [0.717, 1.165) is 27.5 Å². The third-order valence-corrected chi connectivity index (χ3v) is 5.31. The van der Waals surface area contributed by atoms with E-state index in [0.29, 0.717) is 15.9 Å². The molecule has 0 radical (unpaired) electrons. The highest BCUT2D eigenvalue weighted by Gasteiger charge is 2.14. The molecular formula is C16H14N6OS2. The molecule has 0 fully saturated rings. The van der Waals surface area contributed by atoms with Crippen molar-refractivity contribution in [1.29, 1.82) is 0 Å². The summed E-state index contributed by atoms with van der Waals surface area (Å²) in [5.74, 6) is 0.0531. The Hall–Kier alpha value is -2.52. The van der Waals surface area contributed by atoms with Crippen LogP contribution >= 0.6 is 23.1 Å². The van der Waals surface area contributed by atoms with E-state index in [1.54, 1.807) is 6.20 Å². The van der Waals surface area contributed by atoms with Gasteiger partial charge in [0.25, 0.3) is 0 Å². The van der Waals surface area contributed by atoms with Crippen LogP contribution in [-0.2, 0) is 4.79 Å². The molecule has 2 N–H and O–H groups in total. The van der Waals surface area contributed by atoms with Crippen molar-refractivity contribution in [1.82, 2.24) is 25.1 Å². The van der Waals surface area contributed by atoms with Crippen molar-refractivity contribution in [3.8, 4) is 0 Å². The summed E-state index contributed by atoms with van der Waals surface area (Å²) in [6, 6.07) is 4.14. The number of thiazole rings is 1. The van der Waals surface area contributed by atoms with Gasteiger partial charge in [-0.05, 0) is 25.0 Å². The van der Waals surface area contributed by atoms with Crippen molar-refractivity contribution in [3.63, 3.8) is 0 Å². The van der Waals surface area contributed by atoms with Crippen LogP contribution in [0.2, 0.25) is 0 Å². The molecule has 0 unspecified atom stereocenters. The van der Waals surface area contributed by atoms with E-state index in [4.69, 9.17) is 0 Å². The van der Waals surface area contributed by atoms with E-state index >= 15 is 0 Å². The molecule has 1 aromatic carbocycles. The van der Waals surface area contributed by atoms with E-state index in [1.165, 1.54) is 23.1 Å². The van der Waals surface area contributed by atoms with E-state index in [1.807, 2.05) is 19.2 Å². The van der Waals surface area contributed by atoms with Gasteiger partial charge in [0.15, 0.2) is 10.8 Å². The van der Waals surface area contributed by atoms with E-state index < -0.39 is 0 Å². The van der Waals surface area contributed by atoms with Gasteiger partial charge in [0, 0.05) is 17.0 Å². The zero-order chi connectivity index (χ0) is 17.4. The number of fused-ring (bicyclic) bond motifs is 3. The van der Waals surface area contributed by atoms with Crippen LogP contribution in [0.25, 0.3) is 22.1 Å². The van der Waals surface area contributed by atoms with Crippen LogP contribution in [0.4, 0.5) is 5.13 Å². The predicted octanol–water partition coefficient (Wildman–Crippen LogP) is 3.31. The lowest BCUT2D eigenvalue weighted by molar-refractivity contribution is -0.113. The number of carbonyl (C=O) groups is 1. The number of aryl methyl sites for hydroxylation is 2. The Labute approximate surface area is 151 Å². The number of nitrogens with zero attached hydrogens (tertiary/aromatic N) is 4. The first-order valence-electron chi connectivity index (χ1n) is 7.56. The first-order valence-corrected chi connectivity index (χ1v) is 9.43. The fourth-order valence-corrected chi connectivity index (χ4v) is 3.73. The van der Waals surface area contributed by atoms with Gasteiger partial charge >= 0.3 is 0 Å². The van der Waals surface area contributed by atoms with Crippen LogP contribution in [0.5, 0.6) is 0 Å². The molecule has 0 spiro atoms. The third kappa shape index (κ3) is 3.08. The van der Waals surface area contributed by atoms with Gasteiger partial charge in [0.2, 0.25) is 11.1 Å². The molecule has 25 heavy (non-hydrogen) atoms. The number of carbonyl (C=O) groups excluding carboxylic acids is 1.